The van der Waals surface area contributed by atoms with Crippen molar-refractivity contribution < 1.29 is 19.4 Å². The van der Waals surface area contributed by atoms with Crippen LogP contribution >= 0.6 is 0 Å². The highest BCUT2D eigenvalue weighted by molar-refractivity contribution is 5.73. The number of aliphatic hydroxyl groups excluding tert-OH is 1. The average Bonchev–Trinajstić information content (AvgIpc) is 3.20. The minimum Gasteiger partial charge on any atom is -0.492 e. The summed E-state index contributed by atoms with van der Waals surface area (Å²) in [5.74, 6) is 1.86. The number of rotatable bonds is 9. The van der Waals surface area contributed by atoms with Gasteiger partial charge in [0.15, 0.2) is 0 Å². The van der Waals surface area contributed by atoms with Crippen molar-refractivity contribution >= 4 is 5.91 Å². The first kappa shape index (κ1) is 27.4. The lowest BCUT2D eigenvalue weighted by Gasteiger charge is -2.33. The number of aryl methyl sites for hydroxylation is 2. The van der Waals surface area contributed by atoms with Crippen LogP contribution in [0.1, 0.15) is 48.9 Å². The molecular formula is C30H43N3O4. The first-order chi connectivity index (χ1) is 17.7. The number of β-amino-alcohol motifs (C(OH)–C–C–N with tert-alkyl or cyclic N) is 1. The molecule has 2 aromatic carbocycles. The Kier molecular flexibility index (Phi) is 9.11. The van der Waals surface area contributed by atoms with Gasteiger partial charge in [0.2, 0.25) is 5.91 Å². The average molecular weight is 510 g/mol. The van der Waals surface area contributed by atoms with E-state index in [0.29, 0.717) is 25.7 Å². The van der Waals surface area contributed by atoms with Crippen molar-refractivity contribution in [1.29, 1.82) is 0 Å². The van der Waals surface area contributed by atoms with Gasteiger partial charge in [0.1, 0.15) is 30.3 Å². The number of nitrogens with zero attached hydrogens (tertiary/aromatic N) is 2. The molecule has 0 spiro atoms. The van der Waals surface area contributed by atoms with E-state index in [1.165, 1.54) is 22.3 Å². The molecule has 2 aliphatic heterocycles. The number of carbonyl (C=O) groups is 1. The Bertz CT molecular complexity index is 1030. The molecule has 0 unspecified atom stereocenters. The first-order valence-electron chi connectivity index (χ1n) is 13.6. The van der Waals surface area contributed by atoms with Crippen LogP contribution in [0.15, 0.2) is 36.4 Å². The molecule has 3 atom stereocenters. The number of hydrogen-bond donors (Lipinski definition) is 2. The summed E-state index contributed by atoms with van der Waals surface area (Å²) >= 11 is 0. The van der Waals surface area contributed by atoms with Crippen LogP contribution in [0.4, 0.5) is 0 Å². The maximum absolute atomic E-state index is 11.5. The summed E-state index contributed by atoms with van der Waals surface area (Å²) in [6, 6.07) is 13.0. The molecule has 2 saturated heterocycles. The Morgan fingerprint density at radius 1 is 1.05 bits per heavy atom. The monoisotopic (exact) mass is 509 g/mol. The molecule has 0 bridgehead atoms. The van der Waals surface area contributed by atoms with Crippen molar-refractivity contribution in [3.63, 3.8) is 0 Å². The topological polar surface area (TPSA) is 74.3 Å². The Morgan fingerprint density at radius 2 is 1.70 bits per heavy atom. The van der Waals surface area contributed by atoms with Gasteiger partial charge in [-0.05, 0) is 87.1 Å². The van der Waals surface area contributed by atoms with Gasteiger partial charge in [0, 0.05) is 51.7 Å². The molecule has 2 fully saturated rings. The van der Waals surface area contributed by atoms with Crippen LogP contribution in [0.3, 0.4) is 0 Å². The zero-order chi connectivity index (χ0) is 26.5. The number of likely N-dealkylation sites (tertiary alicyclic amines) is 2. The summed E-state index contributed by atoms with van der Waals surface area (Å²) in [5.41, 5.74) is 4.89. The summed E-state index contributed by atoms with van der Waals surface area (Å²) in [5, 5.41) is 14.2. The number of aliphatic hydroxyl groups is 1. The summed E-state index contributed by atoms with van der Waals surface area (Å²) in [6.07, 6.45) is 1.24. The van der Waals surface area contributed by atoms with E-state index in [1.54, 1.807) is 6.92 Å². The van der Waals surface area contributed by atoms with Crippen LogP contribution in [-0.2, 0) is 11.3 Å². The summed E-state index contributed by atoms with van der Waals surface area (Å²) in [7, 11) is 0. The molecule has 0 saturated carbocycles. The van der Waals surface area contributed by atoms with Gasteiger partial charge < -0.3 is 24.8 Å². The van der Waals surface area contributed by atoms with Gasteiger partial charge in [-0.2, -0.15) is 0 Å². The molecule has 0 radical (unpaired) electrons. The first-order valence-corrected chi connectivity index (χ1v) is 13.6. The van der Waals surface area contributed by atoms with Crippen molar-refractivity contribution in [3.8, 4) is 11.5 Å². The fourth-order valence-electron chi connectivity index (χ4n) is 5.30. The lowest BCUT2D eigenvalue weighted by Crippen LogP contribution is -2.47. The molecule has 0 aliphatic carbocycles. The summed E-state index contributed by atoms with van der Waals surface area (Å²) in [6.45, 7) is 14.4. The van der Waals surface area contributed by atoms with Gasteiger partial charge >= 0.3 is 0 Å². The van der Waals surface area contributed by atoms with Crippen LogP contribution < -0.4 is 14.8 Å². The zero-order valence-corrected chi connectivity index (χ0v) is 23.0. The molecular weight excluding hydrogens is 466 g/mol. The van der Waals surface area contributed by atoms with Crippen LogP contribution in [0.5, 0.6) is 11.5 Å². The van der Waals surface area contributed by atoms with Gasteiger partial charge in [-0.25, -0.2) is 0 Å². The van der Waals surface area contributed by atoms with E-state index >= 15 is 0 Å². The molecule has 2 N–H and O–H groups in total. The van der Waals surface area contributed by atoms with E-state index in [1.807, 2.05) is 17.0 Å². The lowest BCUT2D eigenvalue weighted by atomic mass is 10.0. The summed E-state index contributed by atoms with van der Waals surface area (Å²) in [4.78, 5) is 15.7. The van der Waals surface area contributed by atoms with Crippen molar-refractivity contribution in [2.24, 2.45) is 0 Å². The Balaban J connectivity index is 1.20. The molecule has 4 rings (SSSR count). The fraction of sp³-hybridized carbons (Fsp3) is 0.567. The number of ether oxygens (including phenoxy) is 2. The number of nitrogens with one attached hydrogen (secondary N) is 1. The second-order valence-electron chi connectivity index (χ2n) is 10.9. The molecule has 7 heteroatoms. The molecule has 7 nitrogen and oxygen atoms in total. The smallest absolute Gasteiger partial charge is 0.219 e. The minimum absolute atomic E-state index is 0.166. The highest BCUT2D eigenvalue weighted by Crippen LogP contribution is 2.25. The van der Waals surface area contributed by atoms with E-state index in [2.05, 4.69) is 62.2 Å². The number of carbonyl (C=O) groups excluding carboxylic acids is 1. The van der Waals surface area contributed by atoms with E-state index < -0.39 is 6.10 Å². The standard InChI is InChI=1S/C30H43N3O4/c1-20-14-28(15-21(2)23(20)4)37-30-18-32(17-29(30)35)16-25-6-8-27(9-7-25)36-19-22(3)31-26-10-12-33(13-11-26)24(5)34/h6-9,14-15,22,26,29-31,35H,10-13,16-19H2,1-5H3/t22-,29-,30-/m0/s1. The van der Waals surface area contributed by atoms with Crippen molar-refractivity contribution in [3.05, 3.63) is 58.7 Å². The highest BCUT2D eigenvalue weighted by atomic mass is 16.5. The third-order valence-corrected chi connectivity index (χ3v) is 7.79. The van der Waals surface area contributed by atoms with Crippen molar-refractivity contribution in [2.45, 2.75) is 78.3 Å². The van der Waals surface area contributed by atoms with Gasteiger partial charge in [-0.3, -0.25) is 9.69 Å². The Hall–Kier alpha value is -2.61. The largest absolute Gasteiger partial charge is 0.492 e. The molecule has 0 aromatic heterocycles. The number of benzene rings is 2. The molecule has 202 valence electrons. The van der Waals surface area contributed by atoms with Gasteiger partial charge in [-0.1, -0.05) is 12.1 Å². The van der Waals surface area contributed by atoms with Crippen LogP contribution in [0.25, 0.3) is 0 Å². The fourth-order valence-corrected chi connectivity index (χ4v) is 5.30. The summed E-state index contributed by atoms with van der Waals surface area (Å²) < 4.78 is 12.2. The third kappa shape index (κ3) is 7.46. The van der Waals surface area contributed by atoms with Crippen LogP contribution in [0.2, 0.25) is 0 Å². The maximum Gasteiger partial charge on any atom is 0.219 e. The second-order valence-corrected chi connectivity index (χ2v) is 10.9. The van der Waals surface area contributed by atoms with Gasteiger partial charge in [0.25, 0.3) is 0 Å². The van der Waals surface area contributed by atoms with E-state index in [0.717, 1.165) is 44.0 Å². The van der Waals surface area contributed by atoms with E-state index in [9.17, 15) is 9.90 Å². The quantitative estimate of drug-likeness (QED) is 0.538. The van der Waals surface area contributed by atoms with Crippen LogP contribution in [0, 0.1) is 20.8 Å². The third-order valence-electron chi connectivity index (χ3n) is 7.79. The Morgan fingerprint density at radius 3 is 2.32 bits per heavy atom. The number of hydrogen-bond acceptors (Lipinski definition) is 6. The van der Waals surface area contributed by atoms with E-state index in [4.69, 9.17) is 9.47 Å². The lowest BCUT2D eigenvalue weighted by molar-refractivity contribution is -0.129. The second kappa shape index (κ2) is 12.3. The van der Waals surface area contributed by atoms with Crippen molar-refractivity contribution in [1.82, 2.24) is 15.1 Å². The molecule has 2 aliphatic rings. The zero-order valence-electron chi connectivity index (χ0n) is 23.0. The van der Waals surface area contributed by atoms with Crippen molar-refractivity contribution in [2.75, 3.05) is 32.8 Å². The molecule has 37 heavy (non-hydrogen) atoms. The molecule has 1 amide bonds. The maximum atomic E-state index is 11.5. The number of piperidine rings is 1. The predicted molar refractivity (Wildman–Crippen MR) is 146 cm³/mol. The van der Waals surface area contributed by atoms with E-state index in [-0.39, 0.29) is 18.1 Å². The van der Waals surface area contributed by atoms with Gasteiger partial charge in [-0.15, -0.1) is 0 Å². The highest BCUT2D eigenvalue weighted by Gasteiger charge is 2.33. The molecule has 2 heterocycles. The SMILES string of the molecule is CC(=O)N1CCC(N[C@@H](C)COc2ccc(CN3C[C@H](Oc4cc(C)c(C)c(C)c4)[C@@H](O)C3)cc2)CC1. The Labute approximate surface area is 221 Å². The normalized spacial score (nSPS) is 21.7. The molecule has 2 aromatic rings. The van der Waals surface area contributed by atoms with Crippen LogP contribution in [-0.4, -0.2) is 77.9 Å². The number of amides is 1. The van der Waals surface area contributed by atoms with Gasteiger partial charge in [0.05, 0.1) is 0 Å². The minimum atomic E-state index is -0.506. The predicted octanol–water partition coefficient (Wildman–Crippen LogP) is 3.60.